The Hall–Kier alpha value is -3.22. The van der Waals surface area contributed by atoms with Crippen LogP contribution < -0.4 is 0 Å². The van der Waals surface area contributed by atoms with E-state index >= 15 is 0 Å². The van der Waals surface area contributed by atoms with Gasteiger partial charge in [0.2, 0.25) is 5.91 Å². The Kier molecular flexibility index (Phi) is 5.79. The molecular weight excluding hydrogens is 380 g/mol. The number of oxime groups is 1. The molecule has 2 aliphatic heterocycles. The molecule has 0 bridgehead atoms. The van der Waals surface area contributed by atoms with Gasteiger partial charge >= 0.3 is 0 Å². The molecule has 30 heavy (non-hydrogen) atoms. The molecule has 1 spiro atoms. The SMILES string of the molecule is CN(Cc1ccccn1)C(=O)C1=NO[C@]2(CCCN(C(=O)Cc3ccccc3)C2)C1. The molecular formula is C23H26N4O3. The average Bonchev–Trinajstić information content (AvgIpc) is 3.17. The summed E-state index contributed by atoms with van der Waals surface area (Å²) in [5, 5.41) is 4.12. The largest absolute Gasteiger partial charge is 0.386 e. The van der Waals surface area contributed by atoms with Gasteiger partial charge in [-0.25, -0.2) is 0 Å². The molecule has 0 radical (unpaired) electrons. The van der Waals surface area contributed by atoms with E-state index in [0.717, 1.165) is 24.1 Å². The second-order valence-corrected chi connectivity index (χ2v) is 8.05. The van der Waals surface area contributed by atoms with Crippen LogP contribution in [-0.4, -0.2) is 58.0 Å². The van der Waals surface area contributed by atoms with Gasteiger partial charge in [0.1, 0.15) is 5.71 Å². The van der Waals surface area contributed by atoms with Crippen LogP contribution in [0.15, 0.2) is 59.9 Å². The van der Waals surface area contributed by atoms with E-state index in [0.29, 0.717) is 38.2 Å². The summed E-state index contributed by atoms with van der Waals surface area (Å²) in [6.07, 6.45) is 4.12. The molecule has 1 fully saturated rings. The summed E-state index contributed by atoms with van der Waals surface area (Å²) in [5.74, 6) is -0.0822. The number of likely N-dealkylation sites (tertiary alicyclic amines) is 1. The number of aromatic nitrogens is 1. The Morgan fingerprint density at radius 1 is 1.17 bits per heavy atom. The van der Waals surface area contributed by atoms with E-state index in [1.807, 2.05) is 53.4 Å². The highest BCUT2D eigenvalue weighted by Crippen LogP contribution is 2.34. The van der Waals surface area contributed by atoms with E-state index < -0.39 is 5.60 Å². The Morgan fingerprint density at radius 2 is 1.97 bits per heavy atom. The van der Waals surface area contributed by atoms with Gasteiger partial charge in [-0.3, -0.25) is 14.6 Å². The lowest BCUT2D eigenvalue weighted by Gasteiger charge is -2.38. The summed E-state index contributed by atoms with van der Waals surface area (Å²) in [4.78, 5) is 39.1. The van der Waals surface area contributed by atoms with Crippen LogP contribution in [-0.2, 0) is 27.4 Å². The summed E-state index contributed by atoms with van der Waals surface area (Å²) >= 11 is 0. The number of nitrogens with zero attached hydrogens (tertiary/aromatic N) is 4. The van der Waals surface area contributed by atoms with E-state index in [4.69, 9.17) is 4.84 Å². The predicted molar refractivity (Wildman–Crippen MR) is 113 cm³/mol. The molecule has 2 aromatic rings. The topological polar surface area (TPSA) is 75.1 Å². The van der Waals surface area contributed by atoms with E-state index in [9.17, 15) is 9.59 Å². The maximum absolute atomic E-state index is 12.8. The Bertz CT molecular complexity index is 932. The standard InChI is InChI=1S/C23H26N4O3/c1-26(16-19-10-5-6-12-24-19)22(29)20-15-23(30-25-20)11-7-13-27(17-23)21(28)14-18-8-3-2-4-9-18/h2-6,8-10,12H,7,11,13-17H2,1H3/t23-/m1/s1. The molecule has 4 rings (SSSR count). The van der Waals surface area contributed by atoms with Gasteiger partial charge in [-0.1, -0.05) is 41.6 Å². The van der Waals surface area contributed by atoms with Crippen LogP contribution in [0.4, 0.5) is 0 Å². The number of hydrogen-bond donors (Lipinski definition) is 0. The summed E-state index contributed by atoms with van der Waals surface area (Å²) in [5.41, 5.74) is 1.63. The molecule has 1 aromatic heterocycles. The van der Waals surface area contributed by atoms with Gasteiger partial charge in [-0.15, -0.1) is 0 Å². The molecule has 7 nitrogen and oxygen atoms in total. The predicted octanol–water partition coefficient (Wildman–Crippen LogP) is 2.42. The fourth-order valence-corrected chi connectivity index (χ4v) is 4.08. The van der Waals surface area contributed by atoms with Crippen molar-refractivity contribution in [2.75, 3.05) is 20.1 Å². The van der Waals surface area contributed by atoms with Crippen LogP contribution in [0, 0.1) is 0 Å². The van der Waals surface area contributed by atoms with Gasteiger partial charge in [0.25, 0.3) is 5.91 Å². The number of amides is 2. The first-order valence-corrected chi connectivity index (χ1v) is 10.3. The van der Waals surface area contributed by atoms with Crippen molar-refractivity contribution in [2.24, 2.45) is 5.16 Å². The van der Waals surface area contributed by atoms with Crippen molar-refractivity contribution in [3.8, 4) is 0 Å². The molecule has 1 saturated heterocycles. The molecule has 0 aliphatic carbocycles. The van der Waals surface area contributed by atoms with E-state index in [-0.39, 0.29) is 11.8 Å². The van der Waals surface area contributed by atoms with Crippen molar-refractivity contribution < 1.29 is 14.4 Å². The zero-order valence-electron chi connectivity index (χ0n) is 17.2. The Balaban J connectivity index is 1.35. The van der Waals surface area contributed by atoms with Crippen LogP contribution in [0.1, 0.15) is 30.5 Å². The molecule has 1 aromatic carbocycles. The van der Waals surface area contributed by atoms with Crippen molar-refractivity contribution in [1.29, 1.82) is 0 Å². The van der Waals surface area contributed by atoms with Crippen LogP contribution >= 0.6 is 0 Å². The fraction of sp³-hybridized carbons (Fsp3) is 0.391. The summed E-state index contributed by atoms with van der Waals surface area (Å²) in [6, 6.07) is 15.4. The maximum Gasteiger partial charge on any atom is 0.271 e. The van der Waals surface area contributed by atoms with Gasteiger partial charge in [0.15, 0.2) is 5.60 Å². The number of carbonyl (C=O) groups is 2. The van der Waals surface area contributed by atoms with Crippen molar-refractivity contribution in [1.82, 2.24) is 14.8 Å². The second-order valence-electron chi connectivity index (χ2n) is 8.05. The minimum absolute atomic E-state index is 0.0796. The quantitative estimate of drug-likeness (QED) is 0.764. The molecule has 0 unspecified atom stereocenters. The van der Waals surface area contributed by atoms with Crippen molar-refractivity contribution in [3.63, 3.8) is 0 Å². The highest BCUT2D eigenvalue weighted by Gasteiger charge is 2.45. The zero-order chi connectivity index (χ0) is 21.0. The number of carbonyl (C=O) groups excluding carboxylic acids is 2. The summed E-state index contributed by atoms with van der Waals surface area (Å²) in [6.45, 7) is 1.58. The fourth-order valence-electron chi connectivity index (χ4n) is 4.08. The minimum atomic E-state index is -0.596. The number of pyridine rings is 1. The normalized spacial score (nSPS) is 20.6. The lowest BCUT2D eigenvalue weighted by Crippen LogP contribution is -2.51. The highest BCUT2D eigenvalue weighted by atomic mass is 16.7. The first-order valence-electron chi connectivity index (χ1n) is 10.3. The molecule has 156 valence electrons. The number of benzene rings is 1. The Labute approximate surface area is 176 Å². The third kappa shape index (κ3) is 4.50. The molecule has 1 atom stereocenters. The molecule has 7 heteroatoms. The van der Waals surface area contributed by atoms with Crippen LogP contribution in [0.2, 0.25) is 0 Å². The smallest absolute Gasteiger partial charge is 0.271 e. The lowest BCUT2D eigenvalue weighted by atomic mass is 9.87. The van der Waals surface area contributed by atoms with Crippen LogP contribution in [0.3, 0.4) is 0 Å². The van der Waals surface area contributed by atoms with Crippen LogP contribution in [0.5, 0.6) is 0 Å². The van der Waals surface area contributed by atoms with E-state index in [2.05, 4.69) is 10.1 Å². The highest BCUT2D eigenvalue weighted by molar-refractivity contribution is 6.39. The molecule has 0 N–H and O–H groups in total. The maximum atomic E-state index is 12.8. The van der Waals surface area contributed by atoms with E-state index in [1.54, 1.807) is 18.1 Å². The summed E-state index contributed by atoms with van der Waals surface area (Å²) in [7, 11) is 1.74. The van der Waals surface area contributed by atoms with Crippen LogP contribution in [0.25, 0.3) is 0 Å². The molecule has 2 aliphatic rings. The number of rotatable bonds is 5. The van der Waals surface area contributed by atoms with Crippen molar-refractivity contribution in [2.45, 2.75) is 37.8 Å². The third-order valence-corrected chi connectivity index (χ3v) is 5.65. The lowest BCUT2D eigenvalue weighted by molar-refractivity contribution is -0.139. The Morgan fingerprint density at radius 3 is 2.73 bits per heavy atom. The summed E-state index contributed by atoms with van der Waals surface area (Å²) < 4.78 is 0. The first kappa shape index (κ1) is 20.1. The van der Waals surface area contributed by atoms with Gasteiger partial charge in [-0.05, 0) is 30.5 Å². The first-order chi connectivity index (χ1) is 14.5. The van der Waals surface area contributed by atoms with E-state index in [1.165, 1.54) is 0 Å². The molecule has 0 saturated carbocycles. The van der Waals surface area contributed by atoms with Gasteiger partial charge < -0.3 is 14.6 Å². The second kappa shape index (κ2) is 8.65. The number of hydrogen-bond acceptors (Lipinski definition) is 5. The monoisotopic (exact) mass is 406 g/mol. The zero-order valence-corrected chi connectivity index (χ0v) is 17.2. The van der Waals surface area contributed by atoms with Gasteiger partial charge in [0, 0.05) is 26.2 Å². The minimum Gasteiger partial charge on any atom is -0.386 e. The third-order valence-electron chi connectivity index (χ3n) is 5.65. The number of piperidine rings is 1. The average molecular weight is 406 g/mol. The van der Waals surface area contributed by atoms with Crippen molar-refractivity contribution in [3.05, 3.63) is 66.0 Å². The van der Waals surface area contributed by atoms with Gasteiger partial charge in [-0.2, -0.15) is 0 Å². The molecule has 3 heterocycles. The molecule has 2 amide bonds. The van der Waals surface area contributed by atoms with Gasteiger partial charge in [0.05, 0.1) is 25.2 Å². The van der Waals surface area contributed by atoms with Crippen molar-refractivity contribution >= 4 is 17.5 Å².